The van der Waals surface area contributed by atoms with Gasteiger partial charge in [-0.25, -0.2) is 9.97 Å². The number of amides is 1. The Morgan fingerprint density at radius 2 is 1.97 bits per heavy atom. The van der Waals surface area contributed by atoms with Gasteiger partial charge in [0, 0.05) is 49.4 Å². The molecule has 0 spiro atoms. The molecule has 2 N–H and O–H groups in total. The fraction of sp³-hybridized carbons (Fsp3) is 0.370. The molecule has 0 aliphatic heterocycles. The number of carbonyl (C=O) groups is 1. The van der Waals surface area contributed by atoms with Crippen LogP contribution in [0.15, 0.2) is 55.2 Å². The molecule has 1 aliphatic rings. The predicted molar refractivity (Wildman–Crippen MR) is 149 cm³/mol. The van der Waals surface area contributed by atoms with Crippen molar-refractivity contribution in [3.05, 3.63) is 70.1 Å². The Labute approximate surface area is 224 Å². The largest absolute Gasteiger partial charge is 0.381 e. The van der Waals surface area contributed by atoms with E-state index in [4.69, 9.17) is 4.74 Å². The van der Waals surface area contributed by atoms with E-state index >= 15 is 0 Å². The van der Waals surface area contributed by atoms with E-state index in [1.807, 2.05) is 39.6 Å². The molecule has 0 radical (unpaired) electrons. The maximum Gasteiger partial charge on any atom is 0.255 e. The van der Waals surface area contributed by atoms with Gasteiger partial charge in [0.25, 0.3) is 5.91 Å². The first-order valence-electron chi connectivity index (χ1n) is 12.3. The predicted octanol–water partition coefficient (Wildman–Crippen LogP) is 5.35. The minimum atomic E-state index is -0.135. The van der Waals surface area contributed by atoms with Crippen molar-refractivity contribution in [1.82, 2.24) is 24.4 Å². The lowest BCUT2D eigenvalue weighted by atomic mass is 9.87. The van der Waals surface area contributed by atoms with E-state index in [2.05, 4.69) is 56.2 Å². The topological polar surface area (TPSA) is 86.0 Å². The Morgan fingerprint density at radius 1 is 1.19 bits per heavy atom. The van der Waals surface area contributed by atoms with Crippen LogP contribution in [0.2, 0.25) is 0 Å². The number of hydrogen-bond donors (Lipinski definition) is 2. The number of fused-ring (bicyclic) bond motifs is 1. The van der Waals surface area contributed by atoms with Gasteiger partial charge in [0.2, 0.25) is 0 Å². The van der Waals surface area contributed by atoms with Crippen molar-refractivity contribution in [1.29, 1.82) is 0 Å². The van der Waals surface area contributed by atoms with Crippen molar-refractivity contribution in [2.24, 2.45) is 5.92 Å². The number of imidazole rings is 1. The molecule has 3 heterocycles. The van der Waals surface area contributed by atoms with Gasteiger partial charge >= 0.3 is 0 Å². The lowest BCUT2D eigenvalue weighted by Gasteiger charge is -2.28. The van der Waals surface area contributed by atoms with Crippen molar-refractivity contribution in [3.8, 4) is 5.69 Å². The van der Waals surface area contributed by atoms with E-state index in [9.17, 15) is 4.79 Å². The lowest BCUT2D eigenvalue weighted by molar-refractivity contribution is 0.0951. The van der Waals surface area contributed by atoms with Crippen LogP contribution in [-0.4, -0.2) is 38.2 Å². The third-order valence-corrected chi connectivity index (χ3v) is 7.83. The van der Waals surface area contributed by atoms with Crippen LogP contribution in [0.3, 0.4) is 0 Å². The Morgan fingerprint density at radius 3 is 2.67 bits per heavy atom. The number of hydrogen-bond acceptors (Lipinski definition) is 5. The van der Waals surface area contributed by atoms with Gasteiger partial charge in [0.05, 0.1) is 21.3 Å². The zero-order chi connectivity index (χ0) is 25.1. The number of nitrogens with zero attached hydrogens (tertiary/aromatic N) is 4. The number of pyridine rings is 1. The normalized spacial score (nSPS) is 17.9. The molecule has 36 heavy (non-hydrogen) atoms. The summed E-state index contributed by atoms with van der Waals surface area (Å²) in [4.78, 5) is 22.2. The summed E-state index contributed by atoms with van der Waals surface area (Å²) >= 11 is 2.30. The number of nitrogens with one attached hydrogen (secondary N) is 2. The zero-order valence-electron chi connectivity index (χ0n) is 20.6. The van der Waals surface area contributed by atoms with Crippen LogP contribution >= 0.6 is 22.6 Å². The van der Waals surface area contributed by atoms with E-state index in [1.165, 1.54) is 12.8 Å². The number of aromatic nitrogens is 4. The third kappa shape index (κ3) is 5.27. The van der Waals surface area contributed by atoms with E-state index in [1.54, 1.807) is 25.8 Å². The maximum absolute atomic E-state index is 13.4. The molecule has 1 amide bonds. The summed E-state index contributed by atoms with van der Waals surface area (Å²) in [7, 11) is 1.67. The molecule has 1 aromatic carbocycles. The molecule has 5 rings (SSSR count). The Hall–Kier alpha value is -2.92. The first-order valence-corrected chi connectivity index (χ1v) is 13.4. The molecule has 188 valence electrons. The van der Waals surface area contributed by atoms with E-state index in [0.29, 0.717) is 24.9 Å². The molecule has 1 aliphatic carbocycles. The summed E-state index contributed by atoms with van der Waals surface area (Å²) in [5.41, 5.74) is 4.31. The monoisotopic (exact) mass is 598 g/mol. The van der Waals surface area contributed by atoms with Crippen LogP contribution in [-0.2, 0) is 18.0 Å². The lowest BCUT2D eigenvalue weighted by Crippen LogP contribution is -2.28. The van der Waals surface area contributed by atoms with Crippen molar-refractivity contribution in [3.63, 3.8) is 0 Å². The van der Waals surface area contributed by atoms with Crippen LogP contribution < -0.4 is 10.6 Å². The van der Waals surface area contributed by atoms with Crippen LogP contribution in [0, 0.1) is 9.62 Å². The first-order chi connectivity index (χ1) is 17.5. The number of rotatable bonds is 8. The summed E-state index contributed by atoms with van der Waals surface area (Å²) in [6.07, 6.45) is 11.7. The van der Waals surface area contributed by atoms with Crippen LogP contribution in [0.5, 0.6) is 0 Å². The molecule has 0 atom stereocenters. The number of benzene rings is 1. The summed E-state index contributed by atoms with van der Waals surface area (Å²) in [6, 6.07) is 10.5. The molecule has 0 bridgehead atoms. The van der Waals surface area contributed by atoms with Crippen molar-refractivity contribution < 1.29 is 9.53 Å². The quantitative estimate of drug-likeness (QED) is 0.267. The molecule has 3 aromatic heterocycles. The van der Waals surface area contributed by atoms with Gasteiger partial charge in [-0.15, -0.1) is 0 Å². The average molecular weight is 598 g/mol. The summed E-state index contributed by atoms with van der Waals surface area (Å²) in [5, 5.41) is 7.78. The second-order valence-corrected chi connectivity index (χ2v) is 10.6. The number of carbonyl (C=O) groups excluding carboxylic acids is 1. The molecule has 8 nitrogen and oxygen atoms in total. The van der Waals surface area contributed by atoms with Gasteiger partial charge < -0.3 is 19.9 Å². The fourth-order valence-electron chi connectivity index (χ4n) is 4.83. The molecular formula is C27H31IN6O2. The molecule has 0 unspecified atom stereocenters. The highest BCUT2D eigenvalue weighted by molar-refractivity contribution is 14.1. The van der Waals surface area contributed by atoms with E-state index < -0.39 is 0 Å². The van der Waals surface area contributed by atoms with Gasteiger partial charge in [0.15, 0.2) is 0 Å². The summed E-state index contributed by atoms with van der Waals surface area (Å²) in [5.74, 6) is 0.622. The number of anilines is 1. The minimum absolute atomic E-state index is 0.135. The molecule has 4 aromatic rings. The average Bonchev–Trinajstić information content (AvgIpc) is 3.53. The fourth-order valence-corrected chi connectivity index (χ4v) is 5.51. The molecular weight excluding hydrogens is 567 g/mol. The standard InChI is InChI=1S/C27H31IN6O2/c1-18-3-7-20(8-4-18)32-25-22-13-24(28)34(17-36-2)26(22)30-15-23(25)27(35)31-14-19-5-9-21(10-6-19)33-12-11-29-16-33/h5-6,9-13,15-16,18,20H,3-4,7-8,14,17H2,1-2H3,(H,30,32)(H,31,35). The number of halogens is 1. The second kappa shape index (κ2) is 11.0. The number of ether oxygens (including phenoxy) is 1. The molecule has 9 heteroatoms. The van der Waals surface area contributed by atoms with Crippen molar-refractivity contribution in [2.75, 3.05) is 12.4 Å². The summed E-state index contributed by atoms with van der Waals surface area (Å²) < 4.78 is 10.4. The first kappa shape index (κ1) is 24.8. The highest BCUT2D eigenvalue weighted by Crippen LogP contribution is 2.33. The molecule has 0 saturated heterocycles. The second-order valence-electron chi connectivity index (χ2n) is 9.52. The highest BCUT2D eigenvalue weighted by atomic mass is 127. The molecule has 1 saturated carbocycles. The van der Waals surface area contributed by atoms with Gasteiger partial charge in [-0.2, -0.15) is 0 Å². The Balaban J connectivity index is 1.39. The van der Waals surface area contributed by atoms with Gasteiger partial charge in [-0.05, 0) is 78.0 Å². The smallest absolute Gasteiger partial charge is 0.255 e. The zero-order valence-corrected chi connectivity index (χ0v) is 22.7. The van der Waals surface area contributed by atoms with Crippen molar-refractivity contribution >= 4 is 45.2 Å². The van der Waals surface area contributed by atoms with Crippen molar-refractivity contribution in [2.45, 2.75) is 51.9 Å². The summed E-state index contributed by atoms with van der Waals surface area (Å²) in [6.45, 7) is 3.16. The van der Waals surface area contributed by atoms with Crippen LogP contribution in [0.4, 0.5) is 5.69 Å². The third-order valence-electron chi connectivity index (χ3n) is 6.93. The number of methoxy groups -OCH3 is 1. The van der Waals surface area contributed by atoms with Gasteiger partial charge in [0.1, 0.15) is 12.4 Å². The highest BCUT2D eigenvalue weighted by Gasteiger charge is 2.24. The van der Waals surface area contributed by atoms with Crippen LogP contribution in [0.1, 0.15) is 48.5 Å². The van der Waals surface area contributed by atoms with Gasteiger partial charge in [-0.3, -0.25) is 9.36 Å². The van der Waals surface area contributed by atoms with Crippen LogP contribution in [0.25, 0.3) is 16.7 Å². The Bertz CT molecular complexity index is 1320. The van der Waals surface area contributed by atoms with E-state index in [-0.39, 0.29) is 5.91 Å². The van der Waals surface area contributed by atoms with Gasteiger partial charge in [-0.1, -0.05) is 19.1 Å². The SMILES string of the molecule is COCn1c(I)cc2c(NC3CCC(C)CC3)c(C(=O)NCc3ccc(-n4ccnc4)cc3)cnc21. The van der Waals surface area contributed by atoms with E-state index in [0.717, 1.165) is 50.4 Å². The Kier molecular flexibility index (Phi) is 7.56. The minimum Gasteiger partial charge on any atom is -0.381 e. The maximum atomic E-state index is 13.4. The molecule has 1 fully saturated rings.